The highest BCUT2D eigenvalue weighted by molar-refractivity contribution is 7.91. The summed E-state index contributed by atoms with van der Waals surface area (Å²) < 4.78 is 26.2. The number of rotatable bonds is 7. The smallest absolute Gasteiger partial charge is 0.304 e. The van der Waals surface area contributed by atoms with Gasteiger partial charge < -0.3 is 10.7 Å². The first kappa shape index (κ1) is 15.4. The van der Waals surface area contributed by atoms with Crippen molar-refractivity contribution in [2.24, 2.45) is 0 Å². The molecule has 9 nitrogen and oxygen atoms in total. The predicted octanol–water partition coefficient (Wildman–Crippen LogP) is 0.873. The zero-order valence-electron chi connectivity index (χ0n) is 10.8. The molecule has 0 radical (unpaired) electrons. The summed E-state index contributed by atoms with van der Waals surface area (Å²) in [7, 11) is -3.78. The Bertz CT molecular complexity index is 723. The summed E-state index contributed by atoms with van der Waals surface area (Å²) >= 11 is 0.673. The summed E-state index contributed by atoms with van der Waals surface area (Å²) in [6.07, 6.45) is 4.46. The van der Waals surface area contributed by atoms with Crippen LogP contribution < -0.4 is 10.5 Å². The molecule has 0 atom stereocenters. The number of hydrogen-bond donors (Lipinski definition) is 3. The van der Waals surface area contributed by atoms with E-state index in [1.165, 1.54) is 0 Å². The first-order valence-electron chi connectivity index (χ1n) is 5.92. The summed E-state index contributed by atoms with van der Waals surface area (Å²) in [5, 5.41) is 10.5. The monoisotopic (exact) mass is 331 g/mol. The molecule has 2 aromatic heterocycles. The highest BCUT2D eigenvalue weighted by Crippen LogP contribution is 2.34. The summed E-state index contributed by atoms with van der Waals surface area (Å²) in [5.74, 6) is 0.769. The molecule has 21 heavy (non-hydrogen) atoms. The Morgan fingerprint density at radius 2 is 2.29 bits per heavy atom. The van der Waals surface area contributed by atoms with E-state index in [9.17, 15) is 18.5 Å². The van der Waals surface area contributed by atoms with Gasteiger partial charge >= 0.3 is 5.69 Å². The molecule has 114 valence electrons. The van der Waals surface area contributed by atoms with Gasteiger partial charge in [0, 0.05) is 31.4 Å². The third-order valence-electron chi connectivity index (χ3n) is 2.62. The number of anilines is 1. The molecular weight excluding hydrogens is 318 g/mol. The van der Waals surface area contributed by atoms with Crippen LogP contribution in [0, 0.1) is 10.1 Å². The highest BCUT2D eigenvalue weighted by atomic mass is 32.2. The zero-order chi connectivity index (χ0) is 15.5. The number of aromatic nitrogens is 2. The lowest BCUT2D eigenvalue weighted by Crippen LogP contribution is -2.24. The van der Waals surface area contributed by atoms with Gasteiger partial charge in [-0.15, -0.1) is 0 Å². The van der Waals surface area contributed by atoms with Gasteiger partial charge in [-0.25, -0.2) is 18.1 Å². The summed E-state index contributed by atoms with van der Waals surface area (Å²) in [4.78, 5) is 16.9. The Morgan fingerprint density at radius 1 is 1.52 bits per heavy atom. The second-order valence-electron chi connectivity index (χ2n) is 4.11. The van der Waals surface area contributed by atoms with E-state index in [1.807, 2.05) is 0 Å². The van der Waals surface area contributed by atoms with E-state index in [2.05, 4.69) is 14.7 Å². The molecule has 0 saturated carbocycles. The van der Waals surface area contributed by atoms with Crippen molar-refractivity contribution in [3.05, 3.63) is 34.4 Å². The van der Waals surface area contributed by atoms with Crippen LogP contribution in [0.4, 0.5) is 10.7 Å². The lowest BCUT2D eigenvalue weighted by molar-refractivity contribution is -0.383. The van der Waals surface area contributed by atoms with Gasteiger partial charge in [-0.3, -0.25) is 10.1 Å². The van der Waals surface area contributed by atoms with E-state index in [4.69, 9.17) is 5.73 Å². The van der Waals surface area contributed by atoms with Gasteiger partial charge in [-0.05, 0) is 6.42 Å². The van der Waals surface area contributed by atoms with Crippen molar-refractivity contribution in [2.45, 2.75) is 17.1 Å². The van der Waals surface area contributed by atoms with Crippen molar-refractivity contribution in [1.29, 1.82) is 0 Å². The van der Waals surface area contributed by atoms with Gasteiger partial charge in [0.25, 0.3) is 0 Å². The van der Waals surface area contributed by atoms with Gasteiger partial charge in [-0.1, -0.05) is 11.3 Å². The number of nitrogens with two attached hydrogens (primary N) is 1. The lowest BCUT2D eigenvalue weighted by Gasteiger charge is -2.03. The Hall–Kier alpha value is -1.98. The highest BCUT2D eigenvalue weighted by Gasteiger charge is 2.24. The molecular formula is C10H13N5O4S2. The number of nitro groups is 1. The van der Waals surface area contributed by atoms with Crippen molar-refractivity contribution in [3.63, 3.8) is 0 Å². The van der Waals surface area contributed by atoms with Gasteiger partial charge in [0.2, 0.25) is 10.0 Å². The molecule has 0 unspecified atom stereocenters. The van der Waals surface area contributed by atoms with Crippen LogP contribution in [0.5, 0.6) is 0 Å². The minimum atomic E-state index is -3.78. The molecule has 11 heteroatoms. The molecule has 0 aliphatic heterocycles. The van der Waals surface area contributed by atoms with E-state index in [0.717, 1.165) is 11.9 Å². The molecule has 0 saturated heterocycles. The van der Waals surface area contributed by atoms with Crippen LogP contribution in [0.15, 0.2) is 22.7 Å². The van der Waals surface area contributed by atoms with Gasteiger partial charge in [0.15, 0.2) is 5.00 Å². The number of H-pyrrole nitrogens is 1. The molecule has 0 aromatic carbocycles. The molecule has 2 heterocycles. The second-order valence-corrected chi connectivity index (χ2v) is 7.19. The van der Waals surface area contributed by atoms with Crippen LogP contribution >= 0.6 is 11.3 Å². The Morgan fingerprint density at radius 3 is 2.86 bits per heavy atom. The molecule has 0 spiro atoms. The third kappa shape index (κ3) is 3.77. The number of nitrogens with one attached hydrogen (secondary N) is 2. The fourth-order valence-corrected chi connectivity index (χ4v) is 3.95. The van der Waals surface area contributed by atoms with E-state index < -0.39 is 20.6 Å². The van der Waals surface area contributed by atoms with E-state index >= 15 is 0 Å². The number of thiophene rings is 1. The van der Waals surface area contributed by atoms with Crippen LogP contribution in [0.25, 0.3) is 0 Å². The summed E-state index contributed by atoms with van der Waals surface area (Å²) in [5.41, 5.74) is 5.04. The minimum Gasteiger partial charge on any atom is -0.385 e. The fraction of sp³-hybridized carbons (Fsp3) is 0.300. The average Bonchev–Trinajstić information content (AvgIpc) is 3.04. The molecule has 0 aliphatic rings. The van der Waals surface area contributed by atoms with Crippen LogP contribution in [0.2, 0.25) is 0 Å². The predicted molar refractivity (Wildman–Crippen MR) is 77.5 cm³/mol. The number of aryl methyl sites for hydroxylation is 1. The maximum atomic E-state index is 12.0. The Kier molecular flexibility index (Phi) is 4.55. The number of aromatic amines is 1. The van der Waals surface area contributed by atoms with E-state index in [1.54, 1.807) is 12.4 Å². The number of nitrogen functional groups attached to an aromatic ring is 1. The lowest BCUT2D eigenvalue weighted by atomic mass is 10.3. The van der Waals surface area contributed by atoms with Crippen molar-refractivity contribution in [2.75, 3.05) is 12.3 Å². The SMILES string of the molecule is Nc1sc(S(=O)(=O)NCCCc2ncc[nH]2)cc1[N+](=O)[O-]. The number of sulfonamides is 1. The van der Waals surface area contributed by atoms with Crippen LogP contribution in [0.3, 0.4) is 0 Å². The first-order valence-corrected chi connectivity index (χ1v) is 8.22. The second kappa shape index (κ2) is 6.20. The van der Waals surface area contributed by atoms with Gasteiger partial charge in [-0.2, -0.15) is 0 Å². The summed E-state index contributed by atoms with van der Waals surface area (Å²) in [6.45, 7) is 0.203. The quantitative estimate of drug-likeness (QED) is 0.390. The fourth-order valence-electron chi connectivity index (χ4n) is 1.62. The third-order valence-corrected chi connectivity index (χ3v) is 5.50. The number of imidazole rings is 1. The van der Waals surface area contributed by atoms with Crippen LogP contribution in [-0.4, -0.2) is 29.9 Å². The molecule has 2 aromatic rings. The standard InChI is InChI=1S/C10H13N5O4S2/c11-10-7(15(16)17)6-9(20-10)21(18,19)14-3-1-2-8-12-4-5-13-8/h4-6,14H,1-3,11H2,(H,12,13). The van der Waals surface area contributed by atoms with Crippen LogP contribution in [-0.2, 0) is 16.4 Å². The molecule has 0 aliphatic carbocycles. The van der Waals surface area contributed by atoms with Crippen LogP contribution in [0.1, 0.15) is 12.2 Å². The molecule has 0 bridgehead atoms. The molecule has 2 rings (SSSR count). The minimum absolute atomic E-state index is 0.129. The first-order chi connectivity index (χ1) is 9.90. The van der Waals surface area contributed by atoms with E-state index in [-0.39, 0.29) is 15.8 Å². The van der Waals surface area contributed by atoms with Gasteiger partial charge in [0.05, 0.1) is 4.92 Å². The van der Waals surface area contributed by atoms with Crippen molar-refractivity contribution in [1.82, 2.24) is 14.7 Å². The maximum absolute atomic E-state index is 12.0. The largest absolute Gasteiger partial charge is 0.385 e. The molecule has 0 fully saturated rings. The van der Waals surface area contributed by atoms with Gasteiger partial charge in [0.1, 0.15) is 10.0 Å². The topological polar surface area (TPSA) is 144 Å². The zero-order valence-corrected chi connectivity index (χ0v) is 12.4. The van der Waals surface area contributed by atoms with Crippen molar-refractivity contribution in [3.8, 4) is 0 Å². The average molecular weight is 331 g/mol. The van der Waals surface area contributed by atoms with Crippen molar-refractivity contribution < 1.29 is 13.3 Å². The Balaban J connectivity index is 1.95. The number of hydrogen-bond acceptors (Lipinski definition) is 7. The van der Waals surface area contributed by atoms with E-state index in [0.29, 0.717) is 24.2 Å². The maximum Gasteiger partial charge on any atom is 0.304 e. The van der Waals surface area contributed by atoms with Crippen molar-refractivity contribution >= 4 is 32.0 Å². The molecule has 4 N–H and O–H groups in total. The summed E-state index contributed by atoms with van der Waals surface area (Å²) in [6, 6.07) is 0.967. The normalized spacial score (nSPS) is 11.6. The molecule has 0 amide bonds. The number of nitrogens with zero attached hydrogens (tertiary/aromatic N) is 2. The Labute approximate surface area is 124 Å².